The van der Waals surface area contributed by atoms with Crippen LogP contribution in [0.15, 0.2) is 36.1 Å². The highest BCUT2D eigenvalue weighted by Crippen LogP contribution is 2.10. The first-order valence-electron chi connectivity index (χ1n) is 4.69. The van der Waals surface area contributed by atoms with E-state index in [1.54, 1.807) is 0 Å². The van der Waals surface area contributed by atoms with Gasteiger partial charge in [-0.25, -0.2) is 0 Å². The van der Waals surface area contributed by atoms with Gasteiger partial charge in [-0.2, -0.15) is 0 Å². The van der Waals surface area contributed by atoms with Gasteiger partial charge in [0.15, 0.2) is 0 Å². The third-order valence-corrected chi connectivity index (χ3v) is 2.02. The van der Waals surface area contributed by atoms with Crippen molar-refractivity contribution in [2.24, 2.45) is 5.92 Å². The van der Waals surface area contributed by atoms with Gasteiger partial charge in [0.2, 0.25) is 0 Å². The lowest BCUT2D eigenvalue weighted by molar-refractivity contribution is 0.528. The number of nitrogens with zero attached hydrogens (tertiary/aromatic N) is 1. The van der Waals surface area contributed by atoms with E-state index in [2.05, 4.69) is 43.6 Å². The topological polar surface area (TPSA) is 3.24 Å². The summed E-state index contributed by atoms with van der Waals surface area (Å²) in [6.07, 6.45) is 6.27. The highest BCUT2D eigenvalue weighted by atomic mass is 15.1. The van der Waals surface area contributed by atoms with Crippen molar-refractivity contribution in [2.75, 3.05) is 14.1 Å². The minimum Gasteiger partial charge on any atom is -0.378 e. The molecule has 0 N–H and O–H groups in total. The molecule has 0 heterocycles. The van der Waals surface area contributed by atoms with Gasteiger partial charge in [0, 0.05) is 19.8 Å². The lowest BCUT2D eigenvalue weighted by Crippen LogP contribution is -2.08. The molecule has 0 saturated carbocycles. The summed E-state index contributed by atoms with van der Waals surface area (Å²) >= 11 is 0. The first-order chi connectivity index (χ1) is 5.99. The molecule has 1 nitrogen and oxygen atoms in total. The number of likely N-dealkylation sites (N-methyl/N-ethyl adjacent to an activating group) is 1. The van der Waals surface area contributed by atoms with Gasteiger partial charge in [-0.3, -0.25) is 0 Å². The minimum absolute atomic E-state index is 0.525. The molecule has 0 aromatic heterocycles. The van der Waals surface area contributed by atoms with Crippen molar-refractivity contribution in [1.82, 2.24) is 4.90 Å². The second kappa shape index (κ2) is 5.63. The van der Waals surface area contributed by atoms with Crippen LogP contribution in [0.1, 0.15) is 20.8 Å². The Morgan fingerprint density at radius 1 is 1.23 bits per heavy atom. The third kappa shape index (κ3) is 4.56. The van der Waals surface area contributed by atoms with Crippen molar-refractivity contribution in [3.05, 3.63) is 36.1 Å². The normalized spacial score (nSPS) is 12.6. The van der Waals surface area contributed by atoms with Gasteiger partial charge in [-0.1, -0.05) is 38.2 Å². The van der Waals surface area contributed by atoms with Gasteiger partial charge < -0.3 is 4.90 Å². The highest BCUT2D eigenvalue weighted by molar-refractivity contribution is 5.25. The Morgan fingerprint density at radius 3 is 2.08 bits per heavy atom. The number of allylic oxidation sites excluding steroid dienone is 4. The van der Waals surface area contributed by atoms with Gasteiger partial charge in [-0.15, -0.1) is 0 Å². The molecule has 0 rings (SSSR count). The van der Waals surface area contributed by atoms with Gasteiger partial charge in [0.1, 0.15) is 0 Å². The molecule has 0 amide bonds. The van der Waals surface area contributed by atoms with Crippen molar-refractivity contribution in [3.8, 4) is 0 Å². The Morgan fingerprint density at radius 2 is 1.77 bits per heavy atom. The Balaban J connectivity index is 4.34. The second-order valence-corrected chi connectivity index (χ2v) is 3.67. The molecule has 0 unspecified atom stereocenters. The van der Waals surface area contributed by atoms with Gasteiger partial charge in [0.25, 0.3) is 0 Å². The van der Waals surface area contributed by atoms with Crippen molar-refractivity contribution >= 4 is 0 Å². The fourth-order valence-corrected chi connectivity index (χ4v) is 0.888. The molecule has 0 aliphatic heterocycles. The molecule has 0 spiro atoms. The van der Waals surface area contributed by atoms with Crippen LogP contribution in [-0.2, 0) is 0 Å². The summed E-state index contributed by atoms with van der Waals surface area (Å²) < 4.78 is 0. The van der Waals surface area contributed by atoms with Crippen LogP contribution in [-0.4, -0.2) is 19.0 Å². The standard InChI is InChI=1S/C12H21N/c1-7-12(13(5)6)9-8-11(4)10(2)3/h7-10H,4H2,1-3,5-6H3/b9-8-,12-7+. The summed E-state index contributed by atoms with van der Waals surface area (Å²) in [6, 6.07) is 0. The molecule has 1 heteroatoms. The summed E-state index contributed by atoms with van der Waals surface area (Å²) in [5, 5.41) is 0. The molecule has 0 fully saturated rings. The Labute approximate surface area is 82.4 Å². The summed E-state index contributed by atoms with van der Waals surface area (Å²) in [5.41, 5.74) is 2.38. The fraction of sp³-hybridized carbons (Fsp3) is 0.500. The molecule has 13 heavy (non-hydrogen) atoms. The van der Waals surface area contributed by atoms with Crippen molar-refractivity contribution < 1.29 is 0 Å². The number of hydrogen-bond acceptors (Lipinski definition) is 1. The van der Waals surface area contributed by atoms with Gasteiger partial charge in [-0.05, 0) is 18.9 Å². The number of rotatable bonds is 4. The maximum absolute atomic E-state index is 3.99. The van der Waals surface area contributed by atoms with Crippen LogP contribution in [0.25, 0.3) is 0 Å². The van der Waals surface area contributed by atoms with Crippen LogP contribution in [0, 0.1) is 5.92 Å². The molecular weight excluding hydrogens is 158 g/mol. The smallest absolute Gasteiger partial charge is 0.0317 e. The van der Waals surface area contributed by atoms with E-state index in [0.29, 0.717) is 5.92 Å². The maximum atomic E-state index is 3.99. The first kappa shape index (κ1) is 12.0. The molecule has 0 aromatic rings. The average molecular weight is 179 g/mol. The van der Waals surface area contributed by atoms with Gasteiger partial charge in [0.05, 0.1) is 0 Å². The lowest BCUT2D eigenvalue weighted by Gasteiger charge is -2.13. The predicted octanol–water partition coefficient (Wildman–Crippen LogP) is 3.22. The van der Waals surface area contributed by atoms with Crippen LogP contribution in [0.3, 0.4) is 0 Å². The van der Waals surface area contributed by atoms with E-state index in [4.69, 9.17) is 0 Å². The van der Waals surface area contributed by atoms with Crippen molar-refractivity contribution in [1.29, 1.82) is 0 Å². The highest BCUT2D eigenvalue weighted by Gasteiger charge is 1.96. The summed E-state index contributed by atoms with van der Waals surface area (Å²) in [7, 11) is 4.08. The lowest BCUT2D eigenvalue weighted by atomic mass is 10.0. The van der Waals surface area contributed by atoms with E-state index in [1.165, 1.54) is 11.3 Å². The SMILES string of the molecule is C=C(/C=C\C(=C/C)N(C)C)C(C)C. The number of hydrogen-bond donors (Lipinski definition) is 0. The molecule has 0 atom stereocenters. The Kier molecular flexibility index (Phi) is 5.20. The largest absolute Gasteiger partial charge is 0.378 e. The molecule has 0 aromatic carbocycles. The van der Waals surface area contributed by atoms with E-state index >= 15 is 0 Å². The van der Waals surface area contributed by atoms with Crippen LogP contribution in [0.4, 0.5) is 0 Å². The van der Waals surface area contributed by atoms with E-state index < -0.39 is 0 Å². The van der Waals surface area contributed by atoms with Crippen LogP contribution >= 0.6 is 0 Å². The van der Waals surface area contributed by atoms with E-state index in [0.717, 1.165) is 0 Å². The summed E-state index contributed by atoms with van der Waals surface area (Å²) in [6.45, 7) is 10.3. The minimum atomic E-state index is 0.525. The molecule has 0 radical (unpaired) electrons. The molecule has 0 aliphatic rings. The zero-order valence-corrected chi connectivity index (χ0v) is 9.46. The monoisotopic (exact) mass is 179 g/mol. The Bertz CT molecular complexity index is 219. The van der Waals surface area contributed by atoms with Crippen molar-refractivity contribution in [3.63, 3.8) is 0 Å². The van der Waals surface area contributed by atoms with Gasteiger partial charge >= 0.3 is 0 Å². The van der Waals surface area contributed by atoms with Crippen LogP contribution < -0.4 is 0 Å². The molecule has 0 aliphatic carbocycles. The predicted molar refractivity (Wildman–Crippen MR) is 60.6 cm³/mol. The van der Waals surface area contributed by atoms with E-state index in [1.807, 2.05) is 21.0 Å². The summed E-state index contributed by atoms with van der Waals surface area (Å²) in [4.78, 5) is 2.09. The zero-order valence-electron chi connectivity index (χ0n) is 9.46. The van der Waals surface area contributed by atoms with Crippen molar-refractivity contribution in [2.45, 2.75) is 20.8 Å². The summed E-state index contributed by atoms with van der Waals surface area (Å²) in [5.74, 6) is 0.525. The second-order valence-electron chi connectivity index (χ2n) is 3.67. The molecular formula is C12H21N. The maximum Gasteiger partial charge on any atom is 0.0317 e. The fourth-order valence-electron chi connectivity index (χ4n) is 0.888. The van der Waals surface area contributed by atoms with E-state index in [-0.39, 0.29) is 0 Å². The zero-order chi connectivity index (χ0) is 10.4. The Hall–Kier alpha value is -0.980. The molecule has 0 saturated heterocycles. The van der Waals surface area contributed by atoms with E-state index in [9.17, 15) is 0 Å². The third-order valence-electron chi connectivity index (χ3n) is 2.02. The molecule has 0 bridgehead atoms. The quantitative estimate of drug-likeness (QED) is 0.599. The molecule has 74 valence electrons. The van der Waals surface area contributed by atoms with Crippen LogP contribution in [0.5, 0.6) is 0 Å². The average Bonchev–Trinajstić information content (AvgIpc) is 2.04. The first-order valence-corrected chi connectivity index (χ1v) is 4.69. The van der Waals surface area contributed by atoms with Crippen LogP contribution in [0.2, 0.25) is 0 Å².